The number of aromatic nitrogens is 3. The van der Waals surface area contributed by atoms with Gasteiger partial charge in [0.05, 0.1) is 31.3 Å². The van der Waals surface area contributed by atoms with E-state index in [1.807, 2.05) is 0 Å². The van der Waals surface area contributed by atoms with Gasteiger partial charge in [-0.1, -0.05) is 5.21 Å². The van der Waals surface area contributed by atoms with E-state index in [2.05, 4.69) is 19.8 Å². The molecule has 0 atom stereocenters. The summed E-state index contributed by atoms with van der Waals surface area (Å²) in [5.74, 6) is -2.12. The van der Waals surface area contributed by atoms with Crippen LogP contribution >= 0.6 is 11.3 Å². The van der Waals surface area contributed by atoms with Crippen LogP contribution in [-0.2, 0) is 20.8 Å². The molecule has 0 aliphatic rings. The third-order valence-corrected chi connectivity index (χ3v) is 3.73. The Morgan fingerprint density at radius 2 is 2.09 bits per heavy atom. The van der Waals surface area contributed by atoms with Crippen molar-refractivity contribution in [2.45, 2.75) is 13.5 Å². The van der Waals surface area contributed by atoms with Crippen LogP contribution in [0.25, 0.3) is 0 Å². The Morgan fingerprint density at radius 1 is 1.32 bits per heavy atom. The number of nitrogens with zero attached hydrogens (tertiary/aromatic N) is 3. The van der Waals surface area contributed by atoms with Gasteiger partial charge in [0.2, 0.25) is 0 Å². The Hall–Kier alpha value is -2.55. The lowest BCUT2D eigenvalue weighted by Crippen LogP contribution is -2.16. The number of esters is 2. The molecule has 0 spiro atoms. The van der Waals surface area contributed by atoms with Gasteiger partial charge >= 0.3 is 11.9 Å². The summed E-state index contributed by atoms with van der Waals surface area (Å²) in [6, 6.07) is 3.22. The number of thiophene rings is 1. The van der Waals surface area contributed by atoms with Crippen LogP contribution in [-0.4, -0.2) is 46.4 Å². The van der Waals surface area contributed by atoms with E-state index in [0.717, 1.165) is 16.2 Å². The van der Waals surface area contributed by atoms with E-state index < -0.39 is 17.7 Å². The first-order valence-electron chi connectivity index (χ1n) is 6.33. The standard InChI is InChI=1S/C13H13N3O5S/c1-3-21-13(19)11(17)10-5-4-8(22-10)7-16-9(6-14-15-16)12(18)20-2/h4-6H,3,7H2,1-2H3. The fourth-order valence-electron chi connectivity index (χ4n) is 1.67. The number of rotatable bonds is 6. The zero-order chi connectivity index (χ0) is 16.1. The number of carbonyl (C=O) groups excluding carboxylic acids is 3. The highest BCUT2D eigenvalue weighted by atomic mass is 32.1. The Labute approximate surface area is 129 Å². The van der Waals surface area contributed by atoms with Crippen molar-refractivity contribution in [1.82, 2.24) is 15.0 Å². The molecule has 0 radical (unpaired) electrons. The maximum Gasteiger partial charge on any atom is 0.380 e. The summed E-state index contributed by atoms with van der Waals surface area (Å²) in [4.78, 5) is 35.7. The predicted molar refractivity (Wildman–Crippen MR) is 75.7 cm³/mol. The third kappa shape index (κ3) is 3.37. The van der Waals surface area contributed by atoms with Gasteiger partial charge in [-0.15, -0.1) is 16.4 Å². The van der Waals surface area contributed by atoms with Gasteiger partial charge in [0.15, 0.2) is 5.69 Å². The lowest BCUT2D eigenvalue weighted by Gasteiger charge is -2.02. The van der Waals surface area contributed by atoms with Gasteiger partial charge in [-0.3, -0.25) is 4.79 Å². The molecule has 116 valence electrons. The summed E-state index contributed by atoms with van der Waals surface area (Å²) in [5, 5.41) is 7.45. The van der Waals surface area contributed by atoms with E-state index in [1.165, 1.54) is 24.1 Å². The minimum Gasteiger partial charge on any atom is -0.464 e. The number of hydrogen-bond donors (Lipinski definition) is 0. The fraction of sp³-hybridized carbons (Fsp3) is 0.308. The van der Waals surface area contributed by atoms with Crippen molar-refractivity contribution in [3.8, 4) is 0 Å². The molecule has 8 nitrogen and oxygen atoms in total. The van der Waals surface area contributed by atoms with E-state index in [9.17, 15) is 14.4 Å². The minimum absolute atomic E-state index is 0.143. The number of Topliss-reactive ketones (excluding diaryl/α,β-unsaturated/α-hetero) is 1. The lowest BCUT2D eigenvalue weighted by molar-refractivity contribution is -0.137. The second-order valence-corrected chi connectivity index (χ2v) is 5.25. The summed E-state index contributed by atoms with van der Waals surface area (Å²) in [7, 11) is 1.26. The minimum atomic E-state index is -0.882. The maximum absolute atomic E-state index is 11.8. The molecule has 0 amide bonds. The van der Waals surface area contributed by atoms with Gasteiger partial charge < -0.3 is 9.47 Å². The summed E-state index contributed by atoms with van der Waals surface area (Å²) >= 11 is 1.13. The van der Waals surface area contributed by atoms with Gasteiger partial charge in [0.1, 0.15) is 0 Å². The smallest absolute Gasteiger partial charge is 0.380 e. The average molecular weight is 323 g/mol. The van der Waals surface area contributed by atoms with Gasteiger partial charge in [0.25, 0.3) is 5.78 Å². The second kappa shape index (κ2) is 6.94. The van der Waals surface area contributed by atoms with E-state index in [1.54, 1.807) is 13.0 Å². The van der Waals surface area contributed by atoms with Crippen molar-refractivity contribution in [1.29, 1.82) is 0 Å². The summed E-state index contributed by atoms with van der Waals surface area (Å²) in [6.07, 6.45) is 1.30. The molecule has 2 rings (SSSR count). The first kappa shape index (κ1) is 15.8. The molecule has 0 saturated heterocycles. The monoisotopic (exact) mass is 323 g/mol. The second-order valence-electron chi connectivity index (χ2n) is 4.08. The van der Waals surface area contributed by atoms with E-state index in [0.29, 0.717) is 0 Å². The molecular formula is C13H13N3O5S. The fourth-order valence-corrected chi connectivity index (χ4v) is 2.58. The number of hydrogen-bond acceptors (Lipinski definition) is 8. The Bertz CT molecular complexity index is 706. The van der Waals surface area contributed by atoms with Crippen molar-refractivity contribution in [3.05, 3.63) is 33.8 Å². The highest BCUT2D eigenvalue weighted by molar-refractivity contribution is 7.14. The summed E-state index contributed by atoms with van der Waals surface area (Å²) in [6.45, 7) is 2.01. The topological polar surface area (TPSA) is 100 Å². The van der Waals surface area contributed by atoms with Crippen LogP contribution in [0.2, 0.25) is 0 Å². The van der Waals surface area contributed by atoms with Crippen LogP contribution in [0.1, 0.15) is 32.0 Å². The molecule has 0 unspecified atom stereocenters. The zero-order valence-electron chi connectivity index (χ0n) is 11.9. The van der Waals surface area contributed by atoms with Crippen molar-refractivity contribution < 1.29 is 23.9 Å². The molecule has 0 bridgehead atoms. The quantitative estimate of drug-likeness (QED) is 0.442. The maximum atomic E-state index is 11.8. The molecule has 2 aromatic heterocycles. The Morgan fingerprint density at radius 3 is 2.77 bits per heavy atom. The SMILES string of the molecule is CCOC(=O)C(=O)c1ccc(Cn2nncc2C(=O)OC)s1. The lowest BCUT2D eigenvalue weighted by atomic mass is 10.3. The first-order chi connectivity index (χ1) is 10.6. The van der Waals surface area contributed by atoms with Gasteiger partial charge in [-0.05, 0) is 19.1 Å². The van der Waals surface area contributed by atoms with Crippen LogP contribution in [0.5, 0.6) is 0 Å². The molecule has 0 fully saturated rings. The number of carbonyl (C=O) groups is 3. The summed E-state index contributed by atoms with van der Waals surface area (Å²) in [5.41, 5.74) is 0.203. The molecule has 0 aromatic carbocycles. The molecule has 0 aliphatic heterocycles. The van der Waals surface area contributed by atoms with Crippen LogP contribution in [0.15, 0.2) is 18.3 Å². The van der Waals surface area contributed by atoms with Gasteiger partial charge in [-0.2, -0.15) is 0 Å². The molecule has 0 saturated carbocycles. The predicted octanol–water partition coefficient (Wildman–Crippen LogP) is 0.920. The van der Waals surface area contributed by atoms with Crippen LogP contribution in [0.4, 0.5) is 0 Å². The molecule has 2 aromatic rings. The van der Waals surface area contributed by atoms with Gasteiger partial charge in [0, 0.05) is 4.88 Å². The average Bonchev–Trinajstić information content (AvgIpc) is 3.16. The van der Waals surface area contributed by atoms with Crippen molar-refractivity contribution >= 4 is 29.1 Å². The van der Waals surface area contributed by atoms with Crippen molar-refractivity contribution in [2.24, 2.45) is 0 Å². The molecule has 9 heteroatoms. The van der Waals surface area contributed by atoms with Crippen molar-refractivity contribution in [2.75, 3.05) is 13.7 Å². The Kier molecular flexibility index (Phi) is 4.99. The van der Waals surface area contributed by atoms with Crippen LogP contribution in [0.3, 0.4) is 0 Å². The van der Waals surface area contributed by atoms with E-state index in [4.69, 9.17) is 0 Å². The number of methoxy groups -OCH3 is 1. The number of ketones is 1. The highest BCUT2D eigenvalue weighted by Gasteiger charge is 2.20. The van der Waals surface area contributed by atoms with E-state index in [-0.39, 0.29) is 23.7 Å². The first-order valence-corrected chi connectivity index (χ1v) is 7.15. The van der Waals surface area contributed by atoms with Crippen molar-refractivity contribution in [3.63, 3.8) is 0 Å². The molecule has 22 heavy (non-hydrogen) atoms. The molecule has 0 N–H and O–H groups in total. The summed E-state index contributed by atoms with van der Waals surface area (Å²) < 4.78 is 10.6. The largest absolute Gasteiger partial charge is 0.464 e. The molecule has 0 aliphatic carbocycles. The normalized spacial score (nSPS) is 10.3. The number of ether oxygens (including phenoxy) is 2. The van der Waals surface area contributed by atoms with Crippen LogP contribution in [0, 0.1) is 0 Å². The highest BCUT2D eigenvalue weighted by Crippen LogP contribution is 2.19. The molecule has 2 heterocycles. The third-order valence-electron chi connectivity index (χ3n) is 2.66. The Balaban J connectivity index is 2.13. The molecular weight excluding hydrogens is 310 g/mol. The van der Waals surface area contributed by atoms with Crippen LogP contribution < -0.4 is 0 Å². The van der Waals surface area contributed by atoms with E-state index >= 15 is 0 Å². The zero-order valence-corrected chi connectivity index (χ0v) is 12.8. The van der Waals surface area contributed by atoms with Gasteiger partial charge in [-0.25, -0.2) is 14.3 Å².